The maximum atomic E-state index is 11.2. The molecule has 31 heavy (non-hydrogen) atoms. The maximum absolute atomic E-state index is 11.2. The van der Waals surface area contributed by atoms with E-state index in [1.807, 2.05) is 0 Å². The molecule has 3 N–H and O–H groups in total. The number of benzene rings is 2. The fraction of sp³-hybridized carbons (Fsp3) is 0.0526. The second-order valence-corrected chi connectivity index (χ2v) is 6.16. The summed E-state index contributed by atoms with van der Waals surface area (Å²) in [6.07, 6.45) is 0. The van der Waals surface area contributed by atoms with Gasteiger partial charge in [-0.2, -0.15) is 0 Å². The highest BCUT2D eigenvalue weighted by Crippen LogP contribution is 2.26. The molecule has 0 saturated carbocycles. The van der Waals surface area contributed by atoms with E-state index < -0.39 is 21.8 Å². The molecule has 0 aliphatic rings. The number of carbonyl (C=O) groups is 2. The zero-order valence-corrected chi connectivity index (χ0v) is 15.8. The number of aromatic carboxylic acids is 1. The number of nitrogens with one attached hydrogen (secondary N) is 2. The van der Waals surface area contributed by atoms with Crippen LogP contribution < -0.4 is 0 Å². The minimum atomic E-state index is -1.14. The Hall–Kier alpha value is -4.74. The van der Waals surface area contributed by atoms with Gasteiger partial charge >= 0.3 is 11.9 Å². The number of ether oxygens (including phenoxy) is 1. The number of nitro groups is 2. The lowest BCUT2D eigenvalue weighted by Gasteiger charge is -1.93. The van der Waals surface area contributed by atoms with Crippen LogP contribution in [0.4, 0.5) is 11.4 Å². The lowest BCUT2D eigenvalue weighted by atomic mass is 10.2. The number of esters is 1. The normalized spacial score (nSPS) is 10.4. The lowest BCUT2D eigenvalue weighted by molar-refractivity contribution is -0.383. The third kappa shape index (κ3) is 4.17. The highest BCUT2D eigenvalue weighted by molar-refractivity contribution is 5.98. The summed E-state index contributed by atoms with van der Waals surface area (Å²) in [5.74, 6) is -1.69. The van der Waals surface area contributed by atoms with Crippen molar-refractivity contribution in [1.29, 1.82) is 0 Å². The van der Waals surface area contributed by atoms with Crippen LogP contribution in [0.15, 0.2) is 48.5 Å². The van der Waals surface area contributed by atoms with E-state index in [9.17, 15) is 29.8 Å². The first-order chi connectivity index (χ1) is 14.7. The third-order valence-electron chi connectivity index (χ3n) is 4.30. The fourth-order valence-electron chi connectivity index (χ4n) is 2.92. The molecule has 0 atom stereocenters. The van der Waals surface area contributed by atoms with Gasteiger partial charge in [0, 0.05) is 22.9 Å². The minimum Gasteiger partial charge on any atom is -0.477 e. The van der Waals surface area contributed by atoms with Crippen LogP contribution in [-0.2, 0) is 4.74 Å². The molecule has 0 aliphatic carbocycles. The van der Waals surface area contributed by atoms with Gasteiger partial charge in [-0.1, -0.05) is 24.3 Å². The number of aromatic nitrogens is 2. The Kier molecular flexibility index (Phi) is 5.63. The second-order valence-electron chi connectivity index (χ2n) is 6.16. The second kappa shape index (κ2) is 8.32. The first-order valence-electron chi connectivity index (χ1n) is 8.56. The summed E-state index contributed by atoms with van der Waals surface area (Å²) in [6.45, 7) is 0. The molecule has 4 aromatic rings. The number of carbonyl (C=O) groups excluding carboxylic acids is 1. The number of hydrogen-bond donors (Lipinski definition) is 3. The van der Waals surface area contributed by atoms with Crippen molar-refractivity contribution in [3.8, 4) is 0 Å². The Morgan fingerprint density at radius 3 is 1.74 bits per heavy atom. The molecule has 2 aromatic carbocycles. The lowest BCUT2D eigenvalue weighted by Crippen LogP contribution is -2.00. The van der Waals surface area contributed by atoms with E-state index in [4.69, 9.17) is 5.11 Å². The molecule has 158 valence electrons. The summed E-state index contributed by atoms with van der Waals surface area (Å²) >= 11 is 0. The SMILES string of the molecule is COC(=O)c1cc2cccc([N+](=O)[O-])c2[nH]1.O=C(O)c1cc2cccc([N+](=O)[O-])c2[nH]1. The highest BCUT2D eigenvalue weighted by atomic mass is 16.6. The molecule has 0 aliphatic heterocycles. The van der Waals surface area contributed by atoms with Crippen molar-refractivity contribution in [1.82, 2.24) is 9.97 Å². The van der Waals surface area contributed by atoms with Gasteiger partial charge in [-0.15, -0.1) is 0 Å². The fourth-order valence-corrected chi connectivity index (χ4v) is 2.92. The maximum Gasteiger partial charge on any atom is 0.354 e. The molecule has 4 rings (SSSR count). The van der Waals surface area contributed by atoms with Gasteiger partial charge in [0.1, 0.15) is 22.4 Å². The zero-order chi connectivity index (χ0) is 22.7. The summed E-state index contributed by atoms with van der Waals surface area (Å²) in [5.41, 5.74) is 0.520. The van der Waals surface area contributed by atoms with Crippen LogP contribution in [0.25, 0.3) is 21.8 Å². The minimum absolute atomic E-state index is 0.0562. The third-order valence-corrected chi connectivity index (χ3v) is 4.30. The van der Waals surface area contributed by atoms with Gasteiger partial charge in [0.25, 0.3) is 11.4 Å². The topological polar surface area (TPSA) is 181 Å². The molecule has 12 heteroatoms. The molecule has 2 aromatic heterocycles. The first-order valence-corrected chi connectivity index (χ1v) is 8.56. The van der Waals surface area contributed by atoms with Crippen molar-refractivity contribution < 1.29 is 29.3 Å². The molecular weight excluding hydrogens is 412 g/mol. The summed E-state index contributed by atoms with van der Waals surface area (Å²) < 4.78 is 4.53. The number of hydrogen-bond acceptors (Lipinski definition) is 7. The number of carboxylic acid groups (broad SMARTS) is 1. The Morgan fingerprint density at radius 2 is 1.32 bits per heavy atom. The summed E-state index contributed by atoms with van der Waals surface area (Å²) in [5, 5.41) is 31.2. The molecule has 2 heterocycles. The molecular formula is C19H14N4O8. The molecule has 0 amide bonds. The van der Waals surface area contributed by atoms with Gasteiger partial charge in [-0.25, -0.2) is 9.59 Å². The van der Waals surface area contributed by atoms with E-state index in [0.29, 0.717) is 16.3 Å². The first kappa shape index (κ1) is 21.0. The largest absolute Gasteiger partial charge is 0.477 e. The van der Waals surface area contributed by atoms with Crippen molar-refractivity contribution in [2.45, 2.75) is 0 Å². The number of methoxy groups -OCH3 is 1. The number of H-pyrrole nitrogens is 2. The monoisotopic (exact) mass is 426 g/mol. The van der Waals surface area contributed by atoms with Gasteiger partial charge in [0.2, 0.25) is 0 Å². The average Bonchev–Trinajstić information content (AvgIpc) is 3.37. The number of carboxylic acids is 1. The average molecular weight is 426 g/mol. The van der Waals surface area contributed by atoms with E-state index in [1.54, 1.807) is 18.2 Å². The number of aromatic amines is 2. The summed E-state index contributed by atoms with van der Waals surface area (Å²) in [4.78, 5) is 47.4. The molecule has 0 fully saturated rings. The molecule has 0 spiro atoms. The molecule has 0 saturated heterocycles. The van der Waals surface area contributed by atoms with Crippen molar-refractivity contribution in [3.63, 3.8) is 0 Å². The van der Waals surface area contributed by atoms with Gasteiger partial charge in [0.15, 0.2) is 0 Å². The Balaban J connectivity index is 0.000000176. The quantitative estimate of drug-likeness (QED) is 0.251. The van der Waals surface area contributed by atoms with Crippen molar-refractivity contribution >= 4 is 45.1 Å². The number of nitrogens with zero attached hydrogens (tertiary/aromatic N) is 2. The highest BCUT2D eigenvalue weighted by Gasteiger charge is 2.17. The van der Waals surface area contributed by atoms with Gasteiger partial charge in [-0.3, -0.25) is 20.2 Å². The number of nitro benzene ring substituents is 2. The van der Waals surface area contributed by atoms with Crippen LogP contribution in [0.3, 0.4) is 0 Å². The number of non-ortho nitro benzene ring substituents is 2. The standard InChI is InChI=1S/C10H8N2O4.C9H6N2O4/c1-16-10(13)7-5-6-3-2-4-8(12(14)15)9(6)11-7;12-9(13)6-4-5-2-1-3-7(11(14)15)8(5)10-6/h2-5,11H,1H3;1-4,10H,(H,12,13). The van der Waals surface area contributed by atoms with Gasteiger partial charge in [0.05, 0.1) is 17.0 Å². The molecule has 0 bridgehead atoms. The van der Waals surface area contributed by atoms with Gasteiger partial charge < -0.3 is 19.8 Å². The van der Waals surface area contributed by atoms with Crippen molar-refractivity contribution in [2.75, 3.05) is 7.11 Å². The van der Waals surface area contributed by atoms with Crippen LogP contribution in [0.1, 0.15) is 21.0 Å². The van der Waals surface area contributed by atoms with Crippen LogP contribution in [0.5, 0.6) is 0 Å². The number of rotatable bonds is 4. The predicted octanol–water partition coefficient (Wildman–Crippen LogP) is 3.64. The van der Waals surface area contributed by atoms with Crippen LogP contribution in [0, 0.1) is 20.2 Å². The zero-order valence-electron chi connectivity index (χ0n) is 15.8. The van der Waals surface area contributed by atoms with Gasteiger partial charge in [-0.05, 0) is 12.1 Å². The van der Waals surface area contributed by atoms with Crippen LogP contribution in [0.2, 0.25) is 0 Å². The Morgan fingerprint density at radius 1 is 0.871 bits per heavy atom. The number of para-hydroxylation sites is 2. The summed E-state index contributed by atoms with van der Waals surface area (Å²) in [7, 11) is 1.25. The van der Waals surface area contributed by atoms with Crippen molar-refractivity contribution in [2.24, 2.45) is 0 Å². The molecule has 0 radical (unpaired) electrons. The Labute approximate surface area is 172 Å². The van der Waals surface area contributed by atoms with E-state index in [1.165, 1.54) is 37.4 Å². The summed E-state index contributed by atoms with van der Waals surface area (Å²) in [6, 6.07) is 12.0. The van der Waals surface area contributed by atoms with E-state index in [-0.39, 0.29) is 28.3 Å². The van der Waals surface area contributed by atoms with Crippen molar-refractivity contribution in [3.05, 3.63) is 80.1 Å². The Bertz CT molecular complexity index is 1340. The molecule has 12 nitrogen and oxygen atoms in total. The number of fused-ring (bicyclic) bond motifs is 2. The van der Waals surface area contributed by atoms with E-state index in [2.05, 4.69) is 14.7 Å². The molecule has 0 unspecified atom stereocenters. The van der Waals surface area contributed by atoms with Crippen LogP contribution in [-0.4, -0.2) is 44.0 Å². The van der Waals surface area contributed by atoms with Crippen LogP contribution >= 0.6 is 0 Å². The predicted molar refractivity (Wildman–Crippen MR) is 108 cm³/mol. The van der Waals surface area contributed by atoms with E-state index in [0.717, 1.165) is 0 Å². The smallest absolute Gasteiger partial charge is 0.354 e. The van der Waals surface area contributed by atoms with E-state index >= 15 is 0 Å².